The fourth-order valence-electron chi connectivity index (χ4n) is 3.50. The van der Waals surface area contributed by atoms with Gasteiger partial charge in [0.25, 0.3) is 5.91 Å². The Morgan fingerprint density at radius 3 is 2.32 bits per heavy atom. The van der Waals surface area contributed by atoms with Crippen LogP contribution < -0.4 is 16.4 Å². The van der Waals surface area contributed by atoms with Crippen LogP contribution in [0.5, 0.6) is 0 Å². The second-order valence-corrected chi connectivity index (χ2v) is 7.19. The fourth-order valence-corrected chi connectivity index (χ4v) is 3.50. The van der Waals surface area contributed by atoms with Crippen LogP contribution in [0.1, 0.15) is 22.3 Å². The summed E-state index contributed by atoms with van der Waals surface area (Å²) in [5.74, 6) is -1.71. The second kappa shape index (κ2) is 8.41. The van der Waals surface area contributed by atoms with E-state index in [4.69, 9.17) is 10.8 Å². The highest BCUT2D eigenvalue weighted by atomic mass is 19.1. The van der Waals surface area contributed by atoms with Gasteiger partial charge in [-0.1, -0.05) is 36.4 Å². The molecular weight excluding hydrogens is 397 g/mol. The minimum atomic E-state index is -0.921. The van der Waals surface area contributed by atoms with E-state index in [0.29, 0.717) is 40.2 Å². The fraction of sp³-hybridized carbons (Fsp3) is 0.0833. The van der Waals surface area contributed by atoms with Crippen molar-refractivity contribution >= 4 is 34.5 Å². The largest absolute Gasteiger partial charge is 0.481 e. The van der Waals surface area contributed by atoms with Gasteiger partial charge in [-0.25, -0.2) is 4.39 Å². The lowest BCUT2D eigenvalue weighted by molar-refractivity contribution is -0.136. The van der Waals surface area contributed by atoms with Gasteiger partial charge in [0, 0.05) is 17.8 Å². The molecule has 0 saturated carbocycles. The highest BCUT2D eigenvalue weighted by molar-refractivity contribution is 6.37. The Labute approximate surface area is 178 Å². The lowest BCUT2D eigenvalue weighted by Crippen LogP contribution is -2.10. The number of hydrogen-bond acceptors (Lipinski definition) is 4. The number of nitrogens with two attached hydrogens (primary N) is 1. The number of carbonyl (C=O) groups is 2. The molecular formula is C24H20FN3O3. The number of rotatable bonds is 6. The van der Waals surface area contributed by atoms with Crippen molar-refractivity contribution in [3.63, 3.8) is 0 Å². The van der Waals surface area contributed by atoms with Crippen molar-refractivity contribution in [1.82, 2.24) is 0 Å². The summed E-state index contributed by atoms with van der Waals surface area (Å²) in [5, 5.41) is 15.0. The molecule has 0 saturated heterocycles. The van der Waals surface area contributed by atoms with E-state index in [1.807, 2.05) is 24.3 Å². The molecule has 1 heterocycles. The molecule has 0 bridgehead atoms. The first-order valence-electron chi connectivity index (χ1n) is 9.67. The van der Waals surface area contributed by atoms with Crippen molar-refractivity contribution in [3.05, 3.63) is 94.8 Å². The standard InChI is InChI=1S/C24H20FN3O3/c25-17-7-10-19-20(12-17)28-24(31)22(19)23(27-18-8-3-15(13-26)4-9-18)16-5-1-14(2-6-16)11-21(29)30/h1-10,12,27H,11,13,26H2,(H,28,31)(H,29,30)/b23-22-. The number of carboxylic acid groups (broad SMARTS) is 1. The molecule has 0 atom stereocenters. The minimum Gasteiger partial charge on any atom is -0.481 e. The number of hydrogen-bond donors (Lipinski definition) is 4. The molecule has 1 aliphatic rings. The van der Waals surface area contributed by atoms with E-state index >= 15 is 0 Å². The van der Waals surface area contributed by atoms with Crippen LogP contribution in [-0.2, 0) is 22.6 Å². The molecule has 0 radical (unpaired) electrons. The lowest BCUT2D eigenvalue weighted by Gasteiger charge is -2.15. The smallest absolute Gasteiger partial charge is 0.307 e. The van der Waals surface area contributed by atoms with E-state index in [2.05, 4.69) is 10.6 Å². The average Bonchev–Trinajstić information content (AvgIpc) is 3.07. The molecule has 0 unspecified atom stereocenters. The van der Waals surface area contributed by atoms with Crippen LogP contribution >= 0.6 is 0 Å². The maximum Gasteiger partial charge on any atom is 0.307 e. The quantitative estimate of drug-likeness (QED) is 0.456. The molecule has 7 heteroatoms. The molecule has 4 rings (SSSR count). The topological polar surface area (TPSA) is 104 Å². The van der Waals surface area contributed by atoms with Crippen LogP contribution in [0.4, 0.5) is 15.8 Å². The number of nitrogens with one attached hydrogen (secondary N) is 2. The first-order chi connectivity index (χ1) is 14.9. The van der Waals surface area contributed by atoms with Crippen LogP contribution in [0.2, 0.25) is 0 Å². The zero-order valence-electron chi connectivity index (χ0n) is 16.5. The Morgan fingerprint density at radius 2 is 1.68 bits per heavy atom. The monoisotopic (exact) mass is 417 g/mol. The zero-order valence-corrected chi connectivity index (χ0v) is 16.5. The second-order valence-electron chi connectivity index (χ2n) is 7.19. The molecule has 0 spiro atoms. The van der Waals surface area contributed by atoms with Crippen LogP contribution in [0.3, 0.4) is 0 Å². The van der Waals surface area contributed by atoms with Gasteiger partial charge in [0.15, 0.2) is 0 Å². The summed E-state index contributed by atoms with van der Waals surface area (Å²) in [6.07, 6.45) is -0.0945. The van der Waals surface area contributed by atoms with E-state index in [0.717, 1.165) is 11.3 Å². The summed E-state index contributed by atoms with van der Waals surface area (Å²) in [5.41, 5.74) is 10.6. The van der Waals surface area contributed by atoms with Crippen molar-refractivity contribution in [2.45, 2.75) is 13.0 Å². The molecule has 1 aliphatic heterocycles. The summed E-state index contributed by atoms with van der Waals surface area (Å²) < 4.78 is 13.7. The number of carbonyl (C=O) groups excluding carboxylic acids is 1. The van der Waals surface area contributed by atoms with Crippen LogP contribution in [0.15, 0.2) is 66.7 Å². The Bertz CT molecular complexity index is 1190. The molecule has 3 aromatic rings. The number of amides is 1. The zero-order chi connectivity index (χ0) is 22.0. The van der Waals surface area contributed by atoms with Crippen molar-refractivity contribution in [2.75, 3.05) is 10.6 Å². The normalized spacial score (nSPS) is 14.1. The molecule has 6 nitrogen and oxygen atoms in total. The number of benzene rings is 3. The van der Waals surface area contributed by atoms with Gasteiger partial charge in [0.2, 0.25) is 0 Å². The average molecular weight is 417 g/mol. The third-order valence-corrected chi connectivity index (χ3v) is 5.03. The van der Waals surface area contributed by atoms with Gasteiger partial charge in [0.1, 0.15) is 5.82 Å². The molecule has 5 N–H and O–H groups in total. The number of carboxylic acids is 1. The summed E-state index contributed by atoms with van der Waals surface area (Å²) in [7, 11) is 0. The number of aliphatic carboxylic acids is 1. The highest BCUT2D eigenvalue weighted by Gasteiger charge is 2.28. The number of fused-ring (bicyclic) bond motifs is 1. The van der Waals surface area contributed by atoms with E-state index in [-0.39, 0.29) is 12.3 Å². The first-order valence-corrected chi connectivity index (χ1v) is 9.67. The third-order valence-electron chi connectivity index (χ3n) is 5.03. The molecule has 31 heavy (non-hydrogen) atoms. The van der Waals surface area contributed by atoms with Gasteiger partial charge in [-0.15, -0.1) is 0 Å². The van der Waals surface area contributed by atoms with Crippen LogP contribution in [0, 0.1) is 5.82 Å². The van der Waals surface area contributed by atoms with Gasteiger partial charge in [-0.05, 0) is 47.0 Å². The maximum absolute atomic E-state index is 13.7. The van der Waals surface area contributed by atoms with Crippen molar-refractivity contribution in [3.8, 4) is 0 Å². The van der Waals surface area contributed by atoms with Crippen molar-refractivity contribution < 1.29 is 19.1 Å². The van der Waals surface area contributed by atoms with E-state index in [1.165, 1.54) is 12.1 Å². The third kappa shape index (κ3) is 4.31. The van der Waals surface area contributed by atoms with Gasteiger partial charge in [-0.3, -0.25) is 9.59 Å². The molecule has 3 aromatic carbocycles. The van der Waals surface area contributed by atoms with Crippen molar-refractivity contribution in [2.24, 2.45) is 5.73 Å². The van der Waals surface area contributed by atoms with Gasteiger partial charge in [0.05, 0.1) is 23.4 Å². The Morgan fingerprint density at radius 1 is 1.00 bits per heavy atom. The summed E-state index contributed by atoms with van der Waals surface area (Å²) in [4.78, 5) is 23.8. The number of halogens is 1. The van der Waals surface area contributed by atoms with Crippen LogP contribution in [0.25, 0.3) is 11.3 Å². The minimum absolute atomic E-state index is 0.0945. The Kier molecular flexibility index (Phi) is 5.51. The Hall–Kier alpha value is -3.97. The van der Waals surface area contributed by atoms with Crippen molar-refractivity contribution in [1.29, 1.82) is 0 Å². The van der Waals surface area contributed by atoms with Gasteiger partial charge < -0.3 is 21.5 Å². The predicted molar refractivity (Wildman–Crippen MR) is 118 cm³/mol. The molecule has 156 valence electrons. The summed E-state index contributed by atoms with van der Waals surface area (Å²) >= 11 is 0. The summed E-state index contributed by atoms with van der Waals surface area (Å²) in [6, 6.07) is 18.6. The number of anilines is 2. The highest BCUT2D eigenvalue weighted by Crippen LogP contribution is 2.38. The predicted octanol–water partition coefficient (Wildman–Crippen LogP) is 3.84. The van der Waals surface area contributed by atoms with E-state index < -0.39 is 11.8 Å². The molecule has 0 aliphatic carbocycles. The lowest BCUT2D eigenvalue weighted by atomic mass is 9.98. The van der Waals surface area contributed by atoms with Gasteiger partial charge >= 0.3 is 5.97 Å². The van der Waals surface area contributed by atoms with Gasteiger partial charge in [-0.2, -0.15) is 0 Å². The molecule has 1 amide bonds. The molecule has 0 fully saturated rings. The maximum atomic E-state index is 13.7. The van der Waals surface area contributed by atoms with E-state index in [9.17, 15) is 14.0 Å². The van der Waals surface area contributed by atoms with Crippen LogP contribution in [-0.4, -0.2) is 17.0 Å². The Balaban J connectivity index is 1.82. The SMILES string of the molecule is NCc1ccc(N/C(=C2\C(=O)Nc3cc(F)ccc32)c2ccc(CC(=O)O)cc2)cc1. The summed E-state index contributed by atoms with van der Waals surface area (Å²) in [6.45, 7) is 0.417. The van der Waals surface area contributed by atoms with E-state index in [1.54, 1.807) is 30.3 Å². The molecule has 0 aromatic heterocycles. The first kappa shape index (κ1) is 20.3.